The van der Waals surface area contributed by atoms with Gasteiger partial charge in [-0.1, -0.05) is 18.5 Å². The van der Waals surface area contributed by atoms with Gasteiger partial charge in [-0.3, -0.25) is 4.90 Å². The van der Waals surface area contributed by atoms with Crippen molar-refractivity contribution < 1.29 is 0 Å². The van der Waals surface area contributed by atoms with Gasteiger partial charge in [0.05, 0.1) is 0 Å². The highest BCUT2D eigenvalue weighted by Crippen LogP contribution is 2.30. The minimum atomic E-state index is 0.764. The van der Waals surface area contributed by atoms with Gasteiger partial charge in [-0.05, 0) is 51.1 Å². The molecule has 2 saturated heterocycles. The zero-order valence-electron chi connectivity index (χ0n) is 11.1. The molecule has 98 valence electrons. The molecule has 3 heteroatoms. The summed E-state index contributed by atoms with van der Waals surface area (Å²) >= 11 is 5.80. The molecule has 0 aromatic carbocycles. The second kappa shape index (κ2) is 6.21. The van der Waals surface area contributed by atoms with Crippen molar-refractivity contribution in [2.45, 2.75) is 64.1 Å². The van der Waals surface area contributed by atoms with E-state index in [1.807, 2.05) is 0 Å². The summed E-state index contributed by atoms with van der Waals surface area (Å²) in [5.41, 5.74) is 3.02. The summed E-state index contributed by atoms with van der Waals surface area (Å²) in [7, 11) is 0. The Morgan fingerprint density at radius 3 is 2.53 bits per heavy atom. The van der Waals surface area contributed by atoms with Crippen molar-refractivity contribution in [2.24, 2.45) is 0 Å². The first-order valence-electron chi connectivity index (χ1n) is 6.99. The predicted molar refractivity (Wildman–Crippen MR) is 74.4 cm³/mol. The molecule has 2 bridgehead atoms. The Morgan fingerprint density at radius 1 is 1.35 bits per heavy atom. The van der Waals surface area contributed by atoms with E-state index in [-0.39, 0.29) is 0 Å². The molecule has 0 spiro atoms. The van der Waals surface area contributed by atoms with Crippen LogP contribution in [0.3, 0.4) is 0 Å². The molecule has 2 unspecified atom stereocenters. The first-order chi connectivity index (χ1) is 8.22. The second-order valence-corrected chi connectivity index (χ2v) is 5.91. The highest BCUT2D eigenvalue weighted by molar-refractivity contribution is 6.25. The molecule has 2 nitrogen and oxygen atoms in total. The maximum Gasteiger partial charge on any atom is 0.0204 e. The van der Waals surface area contributed by atoms with Crippen LogP contribution in [0.15, 0.2) is 11.1 Å². The summed E-state index contributed by atoms with van der Waals surface area (Å²) in [6.07, 6.45) is 6.64. The first-order valence-corrected chi connectivity index (χ1v) is 7.42. The molecule has 2 aliphatic heterocycles. The summed E-state index contributed by atoms with van der Waals surface area (Å²) < 4.78 is 0. The van der Waals surface area contributed by atoms with Crippen molar-refractivity contribution in [1.29, 1.82) is 0 Å². The van der Waals surface area contributed by atoms with Gasteiger partial charge in [0.15, 0.2) is 0 Å². The third kappa shape index (κ3) is 3.46. The van der Waals surface area contributed by atoms with Gasteiger partial charge in [-0.2, -0.15) is 0 Å². The Labute approximate surface area is 110 Å². The van der Waals surface area contributed by atoms with Crippen molar-refractivity contribution in [1.82, 2.24) is 10.2 Å². The standard InChI is InChI=1S/C14H25ClN2/c1-3-6-17(10-11(2)9-15)14-7-12-4-5-13(8-14)16-12/h9,12-14,16H,3-8,10H2,1-2H3. The topological polar surface area (TPSA) is 15.3 Å². The molecule has 1 N–H and O–H groups in total. The highest BCUT2D eigenvalue weighted by atomic mass is 35.5. The van der Waals surface area contributed by atoms with Gasteiger partial charge >= 0.3 is 0 Å². The Hall–Kier alpha value is -0.0500. The minimum absolute atomic E-state index is 0.764. The molecule has 0 amide bonds. The van der Waals surface area contributed by atoms with Crippen LogP contribution < -0.4 is 5.32 Å². The lowest BCUT2D eigenvalue weighted by Gasteiger charge is -2.38. The molecular formula is C14H25ClN2. The van der Waals surface area contributed by atoms with E-state index in [0.717, 1.165) is 24.7 Å². The van der Waals surface area contributed by atoms with Gasteiger partial charge in [-0.15, -0.1) is 0 Å². The number of hydrogen-bond acceptors (Lipinski definition) is 2. The van der Waals surface area contributed by atoms with Gasteiger partial charge in [0.2, 0.25) is 0 Å². The van der Waals surface area contributed by atoms with Crippen LogP contribution in [0.5, 0.6) is 0 Å². The van der Waals surface area contributed by atoms with E-state index in [0.29, 0.717) is 0 Å². The van der Waals surface area contributed by atoms with E-state index in [1.165, 1.54) is 44.2 Å². The van der Waals surface area contributed by atoms with E-state index in [9.17, 15) is 0 Å². The first kappa shape index (κ1) is 13.4. The minimum Gasteiger partial charge on any atom is -0.311 e. The maximum absolute atomic E-state index is 5.80. The second-order valence-electron chi connectivity index (χ2n) is 5.69. The number of nitrogens with one attached hydrogen (secondary N) is 1. The molecule has 2 fully saturated rings. The SMILES string of the molecule is CCCN(CC(C)=CCl)C1CC2CCC(C1)N2. The Bertz CT molecular complexity index is 265. The van der Waals surface area contributed by atoms with Crippen LogP contribution in [0.1, 0.15) is 46.0 Å². The van der Waals surface area contributed by atoms with Gasteiger partial charge in [-0.25, -0.2) is 0 Å². The zero-order valence-corrected chi connectivity index (χ0v) is 11.8. The summed E-state index contributed by atoms with van der Waals surface area (Å²) in [6, 6.07) is 2.32. The average molecular weight is 257 g/mol. The normalized spacial score (nSPS) is 33.4. The van der Waals surface area contributed by atoms with Gasteiger partial charge in [0, 0.05) is 30.2 Å². The van der Waals surface area contributed by atoms with Crippen LogP contribution in [0.4, 0.5) is 0 Å². The van der Waals surface area contributed by atoms with Crippen molar-refractivity contribution >= 4 is 11.6 Å². The van der Waals surface area contributed by atoms with Gasteiger partial charge < -0.3 is 5.32 Å². The third-order valence-corrected chi connectivity index (χ3v) is 4.49. The van der Waals surface area contributed by atoms with E-state index in [1.54, 1.807) is 5.54 Å². The van der Waals surface area contributed by atoms with Crippen LogP contribution in [0.2, 0.25) is 0 Å². The predicted octanol–water partition coefficient (Wildman–Crippen LogP) is 3.12. The smallest absolute Gasteiger partial charge is 0.0204 e. The lowest BCUT2D eigenvalue weighted by Crippen LogP contribution is -2.48. The lowest BCUT2D eigenvalue weighted by atomic mass is 9.97. The summed E-state index contributed by atoms with van der Waals surface area (Å²) in [5, 5.41) is 3.72. The fourth-order valence-corrected chi connectivity index (χ4v) is 3.43. The van der Waals surface area contributed by atoms with E-state index in [4.69, 9.17) is 11.6 Å². The molecule has 17 heavy (non-hydrogen) atoms. The number of halogens is 1. The number of fused-ring (bicyclic) bond motifs is 2. The fraction of sp³-hybridized carbons (Fsp3) is 0.857. The number of nitrogens with zero attached hydrogens (tertiary/aromatic N) is 1. The number of piperidine rings is 1. The van der Waals surface area contributed by atoms with E-state index < -0.39 is 0 Å². The maximum atomic E-state index is 5.80. The van der Waals surface area contributed by atoms with Crippen LogP contribution in [-0.4, -0.2) is 36.1 Å². The van der Waals surface area contributed by atoms with Crippen LogP contribution in [-0.2, 0) is 0 Å². The largest absolute Gasteiger partial charge is 0.311 e. The molecule has 0 aromatic rings. The average Bonchev–Trinajstić information content (AvgIpc) is 2.67. The molecule has 2 heterocycles. The monoisotopic (exact) mass is 256 g/mol. The summed E-state index contributed by atoms with van der Waals surface area (Å²) in [5.74, 6) is 0. The van der Waals surface area contributed by atoms with Crippen LogP contribution in [0, 0.1) is 0 Å². The third-order valence-electron chi connectivity index (χ3n) is 4.11. The highest BCUT2D eigenvalue weighted by Gasteiger charge is 2.35. The van der Waals surface area contributed by atoms with E-state index in [2.05, 4.69) is 24.1 Å². The Kier molecular flexibility index (Phi) is 4.89. The van der Waals surface area contributed by atoms with Crippen molar-refractivity contribution in [2.75, 3.05) is 13.1 Å². The number of hydrogen-bond donors (Lipinski definition) is 1. The van der Waals surface area contributed by atoms with Crippen LogP contribution >= 0.6 is 11.6 Å². The number of rotatable bonds is 5. The van der Waals surface area contributed by atoms with E-state index >= 15 is 0 Å². The fourth-order valence-electron chi connectivity index (χ4n) is 3.36. The molecule has 0 saturated carbocycles. The molecular weight excluding hydrogens is 232 g/mol. The molecule has 0 aromatic heterocycles. The Balaban J connectivity index is 1.95. The zero-order chi connectivity index (χ0) is 12.3. The Morgan fingerprint density at radius 2 is 2.00 bits per heavy atom. The summed E-state index contributed by atoms with van der Waals surface area (Å²) in [4.78, 5) is 2.64. The molecule has 2 atom stereocenters. The molecule has 0 radical (unpaired) electrons. The molecule has 2 rings (SSSR count). The van der Waals surface area contributed by atoms with Crippen molar-refractivity contribution in [3.63, 3.8) is 0 Å². The lowest BCUT2D eigenvalue weighted by molar-refractivity contribution is 0.152. The van der Waals surface area contributed by atoms with Crippen molar-refractivity contribution in [3.05, 3.63) is 11.1 Å². The van der Waals surface area contributed by atoms with Crippen molar-refractivity contribution in [3.8, 4) is 0 Å². The molecule has 0 aliphatic carbocycles. The molecule has 2 aliphatic rings. The quantitative estimate of drug-likeness (QED) is 0.813. The van der Waals surface area contributed by atoms with Gasteiger partial charge in [0.25, 0.3) is 0 Å². The van der Waals surface area contributed by atoms with Crippen LogP contribution in [0.25, 0.3) is 0 Å². The summed E-state index contributed by atoms with van der Waals surface area (Å²) in [6.45, 7) is 6.64. The van der Waals surface area contributed by atoms with Gasteiger partial charge in [0.1, 0.15) is 0 Å².